The van der Waals surface area contributed by atoms with Crippen LogP contribution in [0.2, 0.25) is 0 Å². The molecular formula is C17H19F3O7. The number of carbonyl (C=O) groups excluding carboxylic acids is 3. The highest BCUT2D eigenvalue weighted by atomic mass is 19.4. The molecule has 0 aromatic heterocycles. The number of cyclic esters (lactones) is 1. The van der Waals surface area contributed by atoms with Gasteiger partial charge in [-0.1, -0.05) is 0 Å². The fraction of sp³-hybridized carbons (Fsp3) is 0.824. The highest BCUT2D eigenvalue weighted by Crippen LogP contribution is 2.62. The van der Waals surface area contributed by atoms with Crippen LogP contribution in [-0.4, -0.2) is 55.6 Å². The maximum absolute atomic E-state index is 13.4. The first-order valence-electron chi connectivity index (χ1n) is 8.94. The minimum absolute atomic E-state index is 0.116. The normalized spacial score (nSPS) is 40.8. The van der Waals surface area contributed by atoms with Gasteiger partial charge in [0.2, 0.25) is 0 Å². The molecule has 0 radical (unpaired) electrons. The number of alkyl halides is 3. The molecule has 2 saturated carbocycles. The summed E-state index contributed by atoms with van der Waals surface area (Å²) in [5, 5.41) is 0. The first-order chi connectivity index (χ1) is 12.7. The van der Waals surface area contributed by atoms with E-state index in [-0.39, 0.29) is 19.6 Å². The van der Waals surface area contributed by atoms with Gasteiger partial charge in [0.15, 0.2) is 6.10 Å². The Hall–Kier alpha value is -1.84. The molecule has 10 heteroatoms. The molecule has 4 fully saturated rings. The Labute approximate surface area is 152 Å². The van der Waals surface area contributed by atoms with E-state index in [4.69, 9.17) is 18.9 Å². The summed E-state index contributed by atoms with van der Waals surface area (Å²) in [5.41, 5.74) is 0. The van der Waals surface area contributed by atoms with Crippen molar-refractivity contribution in [3.8, 4) is 0 Å². The molecule has 27 heavy (non-hydrogen) atoms. The molecule has 0 spiro atoms. The van der Waals surface area contributed by atoms with Crippen LogP contribution in [0, 0.1) is 29.6 Å². The van der Waals surface area contributed by atoms with E-state index in [0.29, 0.717) is 6.42 Å². The van der Waals surface area contributed by atoms with E-state index in [1.54, 1.807) is 0 Å². The standard InChI is InChI=1S/C17H19F3O7/c1-6(5-25-9-2-3-24-15(9)22)14(21)26-13-8-4-7-10(11(8)17(18,19)20)16(23)27-12(7)13/h6-13H,2-5H2,1H3. The maximum Gasteiger partial charge on any atom is 0.393 e. The van der Waals surface area contributed by atoms with E-state index in [1.807, 2.05) is 0 Å². The predicted molar refractivity (Wildman–Crippen MR) is 78.9 cm³/mol. The highest BCUT2D eigenvalue weighted by Gasteiger charge is 2.73. The van der Waals surface area contributed by atoms with Crippen LogP contribution in [0.5, 0.6) is 0 Å². The van der Waals surface area contributed by atoms with Gasteiger partial charge in [0.25, 0.3) is 0 Å². The molecule has 0 N–H and O–H groups in total. The summed E-state index contributed by atoms with van der Waals surface area (Å²) >= 11 is 0. The lowest BCUT2D eigenvalue weighted by molar-refractivity contribution is -0.212. The zero-order valence-corrected chi connectivity index (χ0v) is 14.4. The molecule has 8 atom stereocenters. The monoisotopic (exact) mass is 392 g/mol. The molecule has 2 bridgehead atoms. The van der Waals surface area contributed by atoms with Gasteiger partial charge < -0.3 is 18.9 Å². The zero-order valence-electron chi connectivity index (χ0n) is 14.4. The molecule has 0 aromatic rings. The second-order valence-electron chi connectivity index (χ2n) is 7.64. The molecule has 2 aliphatic carbocycles. The predicted octanol–water partition coefficient (Wildman–Crippen LogP) is 1.24. The van der Waals surface area contributed by atoms with Gasteiger partial charge in [0.05, 0.1) is 31.0 Å². The maximum atomic E-state index is 13.4. The summed E-state index contributed by atoms with van der Waals surface area (Å²) in [6.07, 6.45) is -6.67. The van der Waals surface area contributed by atoms with Gasteiger partial charge in [-0.25, -0.2) is 4.79 Å². The number of ether oxygens (including phenoxy) is 4. The van der Waals surface area contributed by atoms with Crippen molar-refractivity contribution in [2.24, 2.45) is 29.6 Å². The first kappa shape index (κ1) is 18.5. The lowest BCUT2D eigenvalue weighted by Gasteiger charge is -2.33. The van der Waals surface area contributed by atoms with Gasteiger partial charge in [-0.05, 0) is 13.3 Å². The van der Waals surface area contributed by atoms with Crippen LogP contribution in [0.1, 0.15) is 19.8 Å². The third-order valence-corrected chi connectivity index (χ3v) is 6.01. The van der Waals surface area contributed by atoms with Crippen LogP contribution >= 0.6 is 0 Å². The van der Waals surface area contributed by atoms with Crippen LogP contribution in [0.4, 0.5) is 13.2 Å². The number of halogens is 3. The summed E-state index contributed by atoms with van der Waals surface area (Å²) < 4.78 is 60.8. The van der Waals surface area contributed by atoms with Crippen molar-refractivity contribution >= 4 is 17.9 Å². The van der Waals surface area contributed by atoms with Crippen molar-refractivity contribution in [3.63, 3.8) is 0 Å². The minimum atomic E-state index is -4.55. The van der Waals surface area contributed by atoms with Crippen molar-refractivity contribution < 1.29 is 46.5 Å². The van der Waals surface area contributed by atoms with Crippen molar-refractivity contribution in [2.75, 3.05) is 13.2 Å². The molecule has 0 aromatic carbocycles. The Morgan fingerprint density at radius 2 is 2.00 bits per heavy atom. The van der Waals surface area contributed by atoms with Crippen LogP contribution in [0.3, 0.4) is 0 Å². The highest BCUT2D eigenvalue weighted by molar-refractivity contribution is 5.78. The fourth-order valence-corrected chi connectivity index (χ4v) is 4.80. The lowest BCUT2D eigenvalue weighted by atomic mass is 9.78. The molecule has 150 valence electrons. The topological polar surface area (TPSA) is 88.1 Å². The molecule has 2 aliphatic heterocycles. The van der Waals surface area contributed by atoms with Gasteiger partial charge in [-0.2, -0.15) is 13.2 Å². The second kappa shape index (κ2) is 6.35. The van der Waals surface area contributed by atoms with Gasteiger partial charge in [-0.15, -0.1) is 0 Å². The van der Waals surface area contributed by atoms with Gasteiger partial charge in [0.1, 0.15) is 12.2 Å². The van der Waals surface area contributed by atoms with E-state index in [2.05, 4.69) is 0 Å². The summed E-state index contributed by atoms with van der Waals surface area (Å²) in [6.45, 7) is 1.64. The molecule has 4 rings (SSSR count). The average Bonchev–Trinajstić information content (AvgIpc) is 3.29. The summed E-state index contributed by atoms with van der Waals surface area (Å²) in [6, 6.07) is 0. The fourth-order valence-electron chi connectivity index (χ4n) is 4.80. The summed E-state index contributed by atoms with van der Waals surface area (Å²) in [5.74, 6) is -7.44. The van der Waals surface area contributed by atoms with Gasteiger partial charge in [0, 0.05) is 18.3 Å². The van der Waals surface area contributed by atoms with Gasteiger partial charge >= 0.3 is 24.1 Å². The molecular weight excluding hydrogens is 373 g/mol. The van der Waals surface area contributed by atoms with Crippen molar-refractivity contribution in [1.29, 1.82) is 0 Å². The SMILES string of the molecule is CC(COC1CCOC1=O)C(=O)OC1C2CC3C1OC(=O)C3C2C(F)(F)F. The lowest BCUT2D eigenvalue weighted by Crippen LogP contribution is -2.46. The Bertz CT molecular complexity index is 663. The number of carbonyl (C=O) groups is 3. The number of hydrogen-bond acceptors (Lipinski definition) is 7. The Morgan fingerprint density at radius 1 is 1.26 bits per heavy atom. The number of esters is 3. The van der Waals surface area contributed by atoms with E-state index < -0.39 is 72.0 Å². The molecule has 2 saturated heterocycles. The van der Waals surface area contributed by atoms with Crippen LogP contribution in [0.15, 0.2) is 0 Å². The first-order valence-corrected chi connectivity index (χ1v) is 8.94. The minimum Gasteiger partial charge on any atom is -0.464 e. The largest absolute Gasteiger partial charge is 0.464 e. The number of rotatable bonds is 5. The summed E-state index contributed by atoms with van der Waals surface area (Å²) in [7, 11) is 0. The molecule has 0 amide bonds. The Kier molecular flexibility index (Phi) is 4.36. The summed E-state index contributed by atoms with van der Waals surface area (Å²) in [4.78, 5) is 35.6. The van der Waals surface area contributed by atoms with Crippen molar-refractivity contribution in [3.05, 3.63) is 0 Å². The smallest absolute Gasteiger partial charge is 0.393 e. The van der Waals surface area contributed by atoms with Crippen molar-refractivity contribution in [2.45, 2.75) is 44.3 Å². The average molecular weight is 392 g/mol. The third kappa shape index (κ3) is 2.97. The Morgan fingerprint density at radius 3 is 2.63 bits per heavy atom. The third-order valence-electron chi connectivity index (χ3n) is 6.01. The molecule has 2 heterocycles. The van der Waals surface area contributed by atoms with Crippen LogP contribution in [0.25, 0.3) is 0 Å². The second-order valence-corrected chi connectivity index (χ2v) is 7.64. The van der Waals surface area contributed by atoms with E-state index in [9.17, 15) is 27.6 Å². The molecule has 7 nitrogen and oxygen atoms in total. The van der Waals surface area contributed by atoms with Gasteiger partial charge in [-0.3, -0.25) is 9.59 Å². The van der Waals surface area contributed by atoms with Crippen LogP contribution < -0.4 is 0 Å². The number of fused-ring (bicyclic) bond motifs is 1. The van der Waals surface area contributed by atoms with E-state index in [1.165, 1.54) is 6.92 Å². The van der Waals surface area contributed by atoms with Crippen molar-refractivity contribution in [1.82, 2.24) is 0 Å². The quantitative estimate of drug-likeness (QED) is 0.514. The Balaban J connectivity index is 1.39. The number of hydrogen-bond donors (Lipinski definition) is 0. The molecule has 4 aliphatic rings. The zero-order chi connectivity index (χ0) is 19.5. The molecule has 8 unspecified atom stereocenters. The van der Waals surface area contributed by atoms with E-state index in [0.717, 1.165) is 0 Å². The van der Waals surface area contributed by atoms with E-state index >= 15 is 0 Å². The van der Waals surface area contributed by atoms with Crippen LogP contribution in [-0.2, 0) is 33.3 Å².